The Morgan fingerprint density at radius 2 is 2.14 bits per heavy atom. The van der Waals surface area contributed by atoms with Crippen molar-refractivity contribution in [3.8, 4) is 5.75 Å². The van der Waals surface area contributed by atoms with E-state index >= 15 is 0 Å². The molecule has 6 heteroatoms. The number of aryl methyl sites for hydroxylation is 1. The number of halogens is 1. The highest BCUT2D eigenvalue weighted by atomic mass is 19.1. The Labute approximate surface area is 124 Å². The summed E-state index contributed by atoms with van der Waals surface area (Å²) in [6, 6.07) is 4.70. The van der Waals surface area contributed by atoms with Crippen LogP contribution in [0.3, 0.4) is 0 Å². The fourth-order valence-corrected chi connectivity index (χ4v) is 2.13. The zero-order valence-corrected chi connectivity index (χ0v) is 12.9. The van der Waals surface area contributed by atoms with Gasteiger partial charge in [0.2, 0.25) is 0 Å². The number of hydrogen-bond acceptors (Lipinski definition) is 4. The average Bonchev–Trinajstić information content (AvgIpc) is 2.77. The minimum Gasteiger partial charge on any atom is -0.485 e. The minimum absolute atomic E-state index is 0.0897. The van der Waals surface area contributed by atoms with Gasteiger partial charge >= 0.3 is 0 Å². The van der Waals surface area contributed by atoms with Gasteiger partial charge in [-0.15, -0.1) is 10.2 Å². The molecule has 1 unspecified atom stereocenters. The molecule has 0 spiro atoms. The molecule has 2 rings (SSSR count). The van der Waals surface area contributed by atoms with Crippen LogP contribution in [-0.2, 0) is 13.7 Å². The van der Waals surface area contributed by atoms with Crippen molar-refractivity contribution >= 4 is 0 Å². The summed E-state index contributed by atoms with van der Waals surface area (Å²) in [6.45, 7) is 7.02. The van der Waals surface area contributed by atoms with Gasteiger partial charge in [0.1, 0.15) is 24.0 Å². The molecule has 1 aromatic carbocycles. The molecule has 0 aliphatic carbocycles. The van der Waals surface area contributed by atoms with Crippen LogP contribution in [-0.4, -0.2) is 21.3 Å². The molecule has 1 aromatic heterocycles. The number of ether oxygens (including phenoxy) is 1. The summed E-state index contributed by atoms with van der Waals surface area (Å²) < 4.78 is 21.1. The van der Waals surface area contributed by atoms with Gasteiger partial charge in [-0.05, 0) is 26.5 Å². The molecule has 1 atom stereocenters. The van der Waals surface area contributed by atoms with E-state index in [2.05, 4.69) is 15.5 Å². The summed E-state index contributed by atoms with van der Waals surface area (Å²) in [7, 11) is 1.88. The molecule has 0 amide bonds. The fraction of sp³-hybridized carbons (Fsp3) is 0.467. The van der Waals surface area contributed by atoms with Crippen LogP contribution in [0.25, 0.3) is 0 Å². The summed E-state index contributed by atoms with van der Waals surface area (Å²) in [5.74, 6) is 1.74. The van der Waals surface area contributed by atoms with Crippen molar-refractivity contribution in [1.29, 1.82) is 0 Å². The summed E-state index contributed by atoms with van der Waals surface area (Å²) in [4.78, 5) is 0. The summed E-state index contributed by atoms with van der Waals surface area (Å²) in [5.41, 5.74) is 0.928. The molecule has 0 radical (unpaired) electrons. The molecule has 0 fully saturated rings. The molecule has 114 valence electrons. The van der Waals surface area contributed by atoms with Gasteiger partial charge in [0.25, 0.3) is 0 Å². The van der Waals surface area contributed by atoms with Crippen LogP contribution in [0.1, 0.15) is 37.1 Å². The zero-order valence-electron chi connectivity index (χ0n) is 12.9. The molecule has 2 aromatic rings. The van der Waals surface area contributed by atoms with Gasteiger partial charge in [0, 0.05) is 24.7 Å². The predicted molar refractivity (Wildman–Crippen MR) is 78.6 cm³/mol. The van der Waals surface area contributed by atoms with Crippen molar-refractivity contribution in [2.45, 2.75) is 33.4 Å². The first-order valence-electron chi connectivity index (χ1n) is 7.03. The van der Waals surface area contributed by atoms with Gasteiger partial charge in [-0.2, -0.15) is 0 Å². The average molecular weight is 292 g/mol. The molecular formula is C15H21FN4O. The van der Waals surface area contributed by atoms with E-state index in [9.17, 15) is 4.39 Å². The molecule has 1 N–H and O–H groups in total. The number of nitrogens with one attached hydrogen (secondary N) is 1. The Bertz CT molecular complexity index is 612. The minimum atomic E-state index is -0.313. The van der Waals surface area contributed by atoms with Crippen LogP contribution >= 0.6 is 0 Å². The number of aromatic nitrogens is 3. The molecular weight excluding hydrogens is 271 g/mol. The maximum Gasteiger partial charge on any atom is 0.170 e. The second-order valence-electron chi connectivity index (χ2n) is 4.97. The first-order chi connectivity index (χ1) is 10.0. The molecule has 0 saturated heterocycles. The normalized spacial score (nSPS) is 12.4. The SMILES string of the molecule is CCNC(C)c1ccc(F)cc1OCc1nnc(C)n1C. The van der Waals surface area contributed by atoms with Crippen molar-refractivity contribution in [2.24, 2.45) is 7.05 Å². The molecule has 5 nitrogen and oxygen atoms in total. The highest BCUT2D eigenvalue weighted by Gasteiger charge is 2.13. The number of nitrogens with zero attached hydrogens (tertiary/aromatic N) is 3. The lowest BCUT2D eigenvalue weighted by Gasteiger charge is -2.17. The third-order valence-electron chi connectivity index (χ3n) is 3.49. The molecule has 0 bridgehead atoms. The second kappa shape index (κ2) is 6.67. The topological polar surface area (TPSA) is 52.0 Å². The fourth-order valence-electron chi connectivity index (χ4n) is 2.13. The Kier molecular flexibility index (Phi) is 4.90. The number of hydrogen-bond donors (Lipinski definition) is 1. The van der Waals surface area contributed by atoms with E-state index < -0.39 is 0 Å². The van der Waals surface area contributed by atoms with E-state index in [1.54, 1.807) is 6.07 Å². The van der Waals surface area contributed by atoms with Crippen molar-refractivity contribution in [3.05, 3.63) is 41.2 Å². The molecule has 0 aliphatic rings. The standard InChI is InChI=1S/C15H21FN4O/c1-5-17-10(2)13-7-6-12(16)8-14(13)21-9-15-19-18-11(3)20(15)4/h6-8,10,17H,5,9H2,1-4H3. The predicted octanol–water partition coefficient (Wildman–Crippen LogP) is 2.51. The zero-order chi connectivity index (χ0) is 15.4. The largest absolute Gasteiger partial charge is 0.485 e. The molecule has 1 heterocycles. The Hall–Kier alpha value is -1.95. The second-order valence-corrected chi connectivity index (χ2v) is 4.97. The lowest BCUT2D eigenvalue weighted by molar-refractivity contribution is 0.284. The summed E-state index contributed by atoms with van der Waals surface area (Å²) >= 11 is 0. The highest BCUT2D eigenvalue weighted by molar-refractivity contribution is 5.36. The quantitative estimate of drug-likeness (QED) is 0.889. The summed E-state index contributed by atoms with van der Waals surface area (Å²) in [5, 5.41) is 11.3. The molecule has 21 heavy (non-hydrogen) atoms. The molecule has 0 aliphatic heterocycles. The van der Waals surface area contributed by atoms with Gasteiger partial charge in [-0.3, -0.25) is 0 Å². The lowest BCUT2D eigenvalue weighted by Crippen LogP contribution is -2.18. The first kappa shape index (κ1) is 15.4. The monoisotopic (exact) mass is 292 g/mol. The van der Waals surface area contributed by atoms with Crippen molar-refractivity contribution in [3.63, 3.8) is 0 Å². The number of benzene rings is 1. The Morgan fingerprint density at radius 1 is 1.38 bits per heavy atom. The van der Waals surface area contributed by atoms with Gasteiger partial charge in [0.05, 0.1) is 0 Å². The number of rotatable bonds is 6. The smallest absolute Gasteiger partial charge is 0.170 e. The van der Waals surface area contributed by atoms with E-state index in [1.165, 1.54) is 12.1 Å². The van der Waals surface area contributed by atoms with E-state index in [-0.39, 0.29) is 18.5 Å². The van der Waals surface area contributed by atoms with Crippen LogP contribution in [0.5, 0.6) is 5.75 Å². The van der Waals surface area contributed by atoms with Gasteiger partial charge in [-0.25, -0.2) is 4.39 Å². The van der Waals surface area contributed by atoms with Gasteiger partial charge in [-0.1, -0.05) is 13.0 Å². The van der Waals surface area contributed by atoms with E-state index in [1.807, 2.05) is 32.4 Å². The van der Waals surface area contributed by atoms with Crippen LogP contribution < -0.4 is 10.1 Å². The van der Waals surface area contributed by atoms with Gasteiger partial charge < -0.3 is 14.6 Å². The van der Waals surface area contributed by atoms with Crippen molar-refractivity contribution in [2.75, 3.05) is 6.54 Å². The van der Waals surface area contributed by atoms with Crippen molar-refractivity contribution < 1.29 is 9.13 Å². The third kappa shape index (κ3) is 3.58. The molecule has 0 saturated carbocycles. The van der Waals surface area contributed by atoms with E-state index in [0.29, 0.717) is 11.6 Å². The Morgan fingerprint density at radius 3 is 2.76 bits per heavy atom. The van der Waals surface area contributed by atoms with Crippen molar-refractivity contribution in [1.82, 2.24) is 20.1 Å². The maximum atomic E-state index is 13.5. The van der Waals surface area contributed by atoms with Crippen LogP contribution in [0.4, 0.5) is 4.39 Å². The van der Waals surface area contributed by atoms with E-state index in [4.69, 9.17) is 4.74 Å². The lowest BCUT2D eigenvalue weighted by atomic mass is 10.1. The van der Waals surface area contributed by atoms with E-state index in [0.717, 1.165) is 17.9 Å². The third-order valence-corrected chi connectivity index (χ3v) is 3.49. The van der Waals surface area contributed by atoms with Crippen LogP contribution in [0, 0.1) is 12.7 Å². The van der Waals surface area contributed by atoms with Gasteiger partial charge in [0.15, 0.2) is 5.82 Å². The van der Waals surface area contributed by atoms with Crippen LogP contribution in [0.15, 0.2) is 18.2 Å². The highest BCUT2D eigenvalue weighted by Crippen LogP contribution is 2.26. The first-order valence-corrected chi connectivity index (χ1v) is 7.03. The maximum absolute atomic E-state index is 13.5. The summed E-state index contributed by atoms with van der Waals surface area (Å²) in [6.07, 6.45) is 0. The Balaban J connectivity index is 2.18. The van der Waals surface area contributed by atoms with Crippen LogP contribution in [0.2, 0.25) is 0 Å².